The van der Waals surface area contributed by atoms with Gasteiger partial charge in [-0.3, -0.25) is 14.5 Å². The third-order valence-electron chi connectivity index (χ3n) is 5.09. The Morgan fingerprint density at radius 2 is 1.96 bits per heavy atom. The van der Waals surface area contributed by atoms with E-state index >= 15 is 0 Å². The standard InChI is InChI=1S/C20H28BrN3O3/c21-16-7-8-17-18(13-16)27-15-20(26)24(17)14-19(25)22-9-3-1-4-10-23-11-5-2-6-12-23/h7-8,13H,1-6,9-12,14-15H2,(H,22,25). The van der Waals surface area contributed by atoms with Crippen LogP contribution in [0.3, 0.4) is 0 Å². The topological polar surface area (TPSA) is 61.9 Å². The number of rotatable bonds is 8. The Morgan fingerprint density at radius 1 is 1.15 bits per heavy atom. The van der Waals surface area contributed by atoms with Crippen LogP contribution >= 0.6 is 15.9 Å². The van der Waals surface area contributed by atoms with E-state index in [0.29, 0.717) is 18.0 Å². The Morgan fingerprint density at radius 3 is 2.78 bits per heavy atom. The first kappa shape index (κ1) is 20.1. The molecule has 1 aromatic carbocycles. The summed E-state index contributed by atoms with van der Waals surface area (Å²) in [5.74, 6) is 0.297. The molecule has 148 valence electrons. The van der Waals surface area contributed by atoms with Crippen molar-refractivity contribution in [2.75, 3.05) is 44.2 Å². The van der Waals surface area contributed by atoms with Gasteiger partial charge >= 0.3 is 0 Å². The number of nitrogens with zero attached hydrogens (tertiary/aromatic N) is 2. The first-order valence-electron chi connectivity index (χ1n) is 9.85. The summed E-state index contributed by atoms with van der Waals surface area (Å²) in [6, 6.07) is 5.45. The molecule has 2 aliphatic rings. The molecule has 6 nitrogen and oxygen atoms in total. The fourth-order valence-electron chi connectivity index (χ4n) is 3.60. The van der Waals surface area contributed by atoms with Gasteiger partial charge in [-0.1, -0.05) is 28.8 Å². The fourth-order valence-corrected chi connectivity index (χ4v) is 3.94. The van der Waals surface area contributed by atoms with Crippen LogP contribution in [0.1, 0.15) is 38.5 Å². The summed E-state index contributed by atoms with van der Waals surface area (Å²) in [5.41, 5.74) is 0.645. The number of benzene rings is 1. The van der Waals surface area contributed by atoms with Gasteiger partial charge in [0.15, 0.2) is 6.61 Å². The lowest BCUT2D eigenvalue weighted by atomic mass is 10.1. The van der Waals surface area contributed by atoms with E-state index in [9.17, 15) is 9.59 Å². The molecule has 1 fully saturated rings. The molecule has 2 aliphatic heterocycles. The van der Waals surface area contributed by atoms with Crippen molar-refractivity contribution in [2.45, 2.75) is 38.5 Å². The van der Waals surface area contributed by atoms with Crippen molar-refractivity contribution in [1.82, 2.24) is 10.2 Å². The predicted molar refractivity (Wildman–Crippen MR) is 109 cm³/mol. The van der Waals surface area contributed by atoms with Crippen LogP contribution in [0.2, 0.25) is 0 Å². The average molecular weight is 438 g/mol. The van der Waals surface area contributed by atoms with Crippen molar-refractivity contribution in [1.29, 1.82) is 0 Å². The molecule has 0 unspecified atom stereocenters. The molecule has 0 bridgehead atoms. The second-order valence-electron chi connectivity index (χ2n) is 7.19. The number of unbranched alkanes of at least 4 members (excludes halogenated alkanes) is 2. The van der Waals surface area contributed by atoms with Crippen LogP contribution in [0.25, 0.3) is 0 Å². The van der Waals surface area contributed by atoms with Crippen LogP contribution in [0.4, 0.5) is 5.69 Å². The molecule has 0 atom stereocenters. The molecule has 3 rings (SSSR count). The van der Waals surface area contributed by atoms with E-state index in [1.165, 1.54) is 50.2 Å². The summed E-state index contributed by atoms with van der Waals surface area (Å²) in [6.07, 6.45) is 7.30. The molecule has 0 aliphatic carbocycles. The maximum absolute atomic E-state index is 12.3. The number of nitrogens with one attached hydrogen (secondary N) is 1. The normalized spacial score (nSPS) is 17.4. The number of likely N-dealkylation sites (tertiary alicyclic amines) is 1. The SMILES string of the molecule is O=C(CN1C(=O)COc2cc(Br)ccc21)NCCCCCN1CCCCC1. The van der Waals surface area contributed by atoms with Gasteiger partial charge in [-0.25, -0.2) is 0 Å². The summed E-state index contributed by atoms with van der Waals surface area (Å²) in [4.78, 5) is 28.4. The Labute approximate surface area is 169 Å². The van der Waals surface area contributed by atoms with Crippen LogP contribution in [0, 0.1) is 0 Å². The van der Waals surface area contributed by atoms with E-state index in [1.807, 2.05) is 12.1 Å². The third-order valence-corrected chi connectivity index (χ3v) is 5.58. The lowest BCUT2D eigenvalue weighted by Gasteiger charge is -2.29. The average Bonchev–Trinajstić information content (AvgIpc) is 2.67. The number of carbonyl (C=O) groups excluding carboxylic acids is 2. The molecular weight excluding hydrogens is 410 g/mol. The Kier molecular flexibility index (Phi) is 7.52. The highest BCUT2D eigenvalue weighted by Crippen LogP contribution is 2.34. The quantitative estimate of drug-likeness (QED) is 0.635. The van der Waals surface area contributed by atoms with Crippen LogP contribution < -0.4 is 15.0 Å². The first-order chi connectivity index (χ1) is 13.1. The highest BCUT2D eigenvalue weighted by Gasteiger charge is 2.27. The second kappa shape index (κ2) is 10.1. The zero-order valence-corrected chi connectivity index (χ0v) is 17.3. The van der Waals surface area contributed by atoms with Gasteiger partial charge in [0.2, 0.25) is 5.91 Å². The van der Waals surface area contributed by atoms with Crippen molar-refractivity contribution in [3.05, 3.63) is 22.7 Å². The summed E-state index contributed by atoms with van der Waals surface area (Å²) >= 11 is 3.39. The number of hydrogen-bond donors (Lipinski definition) is 1. The van der Waals surface area contributed by atoms with Crippen LogP contribution in [0.15, 0.2) is 22.7 Å². The number of halogens is 1. The number of fused-ring (bicyclic) bond motifs is 1. The van der Waals surface area contributed by atoms with Crippen LogP contribution in [-0.2, 0) is 9.59 Å². The highest BCUT2D eigenvalue weighted by molar-refractivity contribution is 9.10. The maximum atomic E-state index is 12.3. The monoisotopic (exact) mass is 437 g/mol. The number of anilines is 1. The number of amides is 2. The maximum Gasteiger partial charge on any atom is 0.265 e. The summed E-state index contributed by atoms with van der Waals surface area (Å²) in [6.45, 7) is 4.30. The molecule has 0 aromatic heterocycles. The van der Waals surface area contributed by atoms with Gasteiger partial charge in [0.25, 0.3) is 5.91 Å². The Hall–Kier alpha value is -1.60. The fraction of sp³-hybridized carbons (Fsp3) is 0.600. The van der Waals surface area contributed by atoms with Crippen LogP contribution in [0.5, 0.6) is 5.75 Å². The Bertz CT molecular complexity index is 662. The number of hydrogen-bond acceptors (Lipinski definition) is 4. The largest absolute Gasteiger partial charge is 0.482 e. The molecule has 7 heteroatoms. The van der Waals surface area contributed by atoms with Crippen molar-refractivity contribution in [2.24, 2.45) is 0 Å². The highest BCUT2D eigenvalue weighted by atomic mass is 79.9. The first-order valence-corrected chi connectivity index (χ1v) is 10.6. The Balaban J connectivity index is 1.36. The molecular formula is C20H28BrN3O3. The number of ether oxygens (including phenoxy) is 1. The van der Waals surface area contributed by atoms with E-state index in [0.717, 1.165) is 17.3 Å². The molecule has 0 spiro atoms. The minimum absolute atomic E-state index is 0.0323. The van der Waals surface area contributed by atoms with E-state index in [-0.39, 0.29) is 25.0 Å². The van der Waals surface area contributed by atoms with Crippen LogP contribution in [-0.4, -0.2) is 56.0 Å². The summed E-state index contributed by atoms with van der Waals surface area (Å²) in [5, 5.41) is 2.93. The lowest BCUT2D eigenvalue weighted by Crippen LogP contribution is -2.45. The van der Waals surface area contributed by atoms with Gasteiger partial charge in [0, 0.05) is 11.0 Å². The minimum atomic E-state index is -0.193. The predicted octanol–water partition coefficient (Wildman–Crippen LogP) is 2.95. The lowest BCUT2D eigenvalue weighted by molar-refractivity contribution is -0.125. The second-order valence-corrected chi connectivity index (χ2v) is 8.11. The number of carbonyl (C=O) groups is 2. The minimum Gasteiger partial charge on any atom is -0.482 e. The van der Waals surface area contributed by atoms with Gasteiger partial charge < -0.3 is 15.0 Å². The van der Waals surface area contributed by atoms with Gasteiger partial charge in [-0.2, -0.15) is 0 Å². The van der Waals surface area contributed by atoms with Crippen molar-refractivity contribution in [3.63, 3.8) is 0 Å². The summed E-state index contributed by atoms with van der Waals surface area (Å²) in [7, 11) is 0. The zero-order valence-electron chi connectivity index (χ0n) is 15.7. The van der Waals surface area contributed by atoms with Crippen molar-refractivity contribution in [3.8, 4) is 5.75 Å². The van der Waals surface area contributed by atoms with Gasteiger partial charge in [-0.05, 0) is 63.5 Å². The van der Waals surface area contributed by atoms with E-state index in [1.54, 1.807) is 6.07 Å². The molecule has 2 amide bonds. The van der Waals surface area contributed by atoms with Crippen molar-refractivity contribution >= 4 is 33.4 Å². The molecule has 0 saturated carbocycles. The van der Waals surface area contributed by atoms with Crippen molar-refractivity contribution < 1.29 is 14.3 Å². The van der Waals surface area contributed by atoms with Gasteiger partial charge in [0.1, 0.15) is 12.3 Å². The molecule has 0 radical (unpaired) electrons. The molecule has 27 heavy (non-hydrogen) atoms. The van der Waals surface area contributed by atoms with E-state index in [2.05, 4.69) is 26.1 Å². The third kappa shape index (κ3) is 5.94. The van der Waals surface area contributed by atoms with Gasteiger partial charge in [-0.15, -0.1) is 0 Å². The smallest absolute Gasteiger partial charge is 0.265 e. The zero-order chi connectivity index (χ0) is 19.1. The molecule has 1 N–H and O–H groups in total. The molecule has 1 aromatic rings. The molecule has 1 saturated heterocycles. The molecule has 2 heterocycles. The number of piperidine rings is 1. The van der Waals surface area contributed by atoms with E-state index in [4.69, 9.17) is 4.74 Å². The summed E-state index contributed by atoms with van der Waals surface area (Å²) < 4.78 is 6.33. The van der Waals surface area contributed by atoms with E-state index < -0.39 is 0 Å². The van der Waals surface area contributed by atoms with Gasteiger partial charge in [0.05, 0.1) is 5.69 Å².